The summed E-state index contributed by atoms with van der Waals surface area (Å²) in [6, 6.07) is 5.85. The number of nitrogens with zero attached hydrogens (tertiary/aromatic N) is 2. The molecule has 8 heteroatoms. The molecule has 33 heavy (non-hydrogen) atoms. The first-order valence-corrected chi connectivity index (χ1v) is 11.9. The quantitative estimate of drug-likeness (QED) is 0.668. The number of alkyl carbamates (subject to hydrolysis) is 1. The molecule has 0 radical (unpaired) electrons. The molecule has 0 aromatic heterocycles. The van der Waals surface area contributed by atoms with Gasteiger partial charge in [-0.05, 0) is 77.6 Å². The Bertz CT molecular complexity index is 815. The molecule has 1 unspecified atom stereocenters. The van der Waals surface area contributed by atoms with Crippen molar-refractivity contribution in [2.24, 2.45) is 5.92 Å². The number of nitrogens with one attached hydrogen (secondary N) is 1. The number of amides is 2. The molecule has 2 saturated heterocycles. The summed E-state index contributed by atoms with van der Waals surface area (Å²) in [6.07, 6.45) is 3.48. The van der Waals surface area contributed by atoms with Gasteiger partial charge in [-0.25, -0.2) is 4.79 Å². The fourth-order valence-corrected chi connectivity index (χ4v) is 4.65. The molecule has 2 amide bonds. The van der Waals surface area contributed by atoms with Crippen LogP contribution in [0.3, 0.4) is 0 Å². The van der Waals surface area contributed by atoms with Gasteiger partial charge in [-0.15, -0.1) is 0 Å². The molecule has 2 fully saturated rings. The van der Waals surface area contributed by atoms with Gasteiger partial charge in [0, 0.05) is 24.7 Å². The van der Waals surface area contributed by atoms with E-state index in [4.69, 9.17) is 14.2 Å². The van der Waals surface area contributed by atoms with E-state index < -0.39 is 5.60 Å². The third-order valence-electron chi connectivity index (χ3n) is 6.37. The lowest BCUT2D eigenvalue weighted by Crippen LogP contribution is -2.45. The molecule has 1 aromatic carbocycles. The number of rotatable bonds is 7. The monoisotopic (exact) mass is 461 g/mol. The summed E-state index contributed by atoms with van der Waals surface area (Å²) in [5.74, 6) is 2.08. The average molecular weight is 462 g/mol. The number of carbonyl (C=O) groups is 2. The van der Waals surface area contributed by atoms with Crippen LogP contribution >= 0.6 is 0 Å². The zero-order valence-electron chi connectivity index (χ0n) is 20.7. The maximum Gasteiger partial charge on any atom is 0.407 e. The summed E-state index contributed by atoms with van der Waals surface area (Å²) in [6.45, 7) is 9.11. The Morgan fingerprint density at radius 1 is 1.06 bits per heavy atom. The highest BCUT2D eigenvalue weighted by molar-refractivity contribution is 5.79. The number of likely N-dealkylation sites (tertiary alicyclic amines) is 2. The van der Waals surface area contributed by atoms with Crippen LogP contribution < -0.4 is 14.8 Å². The topological polar surface area (TPSA) is 80.3 Å². The maximum atomic E-state index is 13.2. The minimum absolute atomic E-state index is 0.0360. The summed E-state index contributed by atoms with van der Waals surface area (Å²) >= 11 is 0. The smallest absolute Gasteiger partial charge is 0.407 e. The molecular formula is C25H39N3O5. The van der Waals surface area contributed by atoms with Crippen LogP contribution in [0.2, 0.25) is 0 Å². The molecule has 0 aliphatic carbocycles. The lowest BCUT2D eigenvalue weighted by Gasteiger charge is -2.34. The lowest BCUT2D eigenvalue weighted by molar-refractivity contribution is -0.133. The van der Waals surface area contributed by atoms with Crippen molar-refractivity contribution in [1.29, 1.82) is 0 Å². The molecule has 2 aliphatic rings. The second-order valence-corrected chi connectivity index (χ2v) is 9.96. The van der Waals surface area contributed by atoms with Crippen molar-refractivity contribution in [1.82, 2.24) is 15.1 Å². The number of hydrogen-bond acceptors (Lipinski definition) is 6. The third kappa shape index (κ3) is 7.00. The average Bonchev–Trinajstić information content (AvgIpc) is 3.27. The van der Waals surface area contributed by atoms with Crippen LogP contribution in [0.1, 0.15) is 58.1 Å². The van der Waals surface area contributed by atoms with Gasteiger partial charge in [0.25, 0.3) is 0 Å². The highest BCUT2D eigenvalue weighted by Gasteiger charge is 2.33. The predicted octanol–water partition coefficient (Wildman–Crippen LogP) is 3.60. The Hall–Kier alpha value is -2.48. The van der Waals surface area contributed by atoms with Gasteiger partial charge in [-0.2, -0.15) is 0 Å². The number of ether oxygens (including phenoxy) is 3. The summed E-state index contributed by atoms with van der Waals surface area (Å²) in [4.78, 5) is 29.3. The number of benzene rings is 1. The Labute approximate surface area is 197 Å². The van der Waals surface area contributed by atoms with Crippen molar-refractivity contribution in [3.05, 3.63) is 23.8 Å². The van der Waals surface area contributed by atoms with Crippen LogP contribution in [0.5, 0.6) is 11.5 Å². The van der Waals surface area contributed by atoms with E-state index in [1.54, 1.807) is 14.2 Å². The summed E-state index contributed by atoms with van der Waals surface area (Å²) < 4.78 is 16.2. The van der Waals surface area contributed by atoms with Crippen LogP contribution in [-0.4, -0.2) is 74.3 Å². The van der Waals surface area contributed by atoms with Crippen molar-refractivity contribution in [2.45, 2.75) is 58.1 Å². The molecule has 0 spiro atoms. The van der Waals surface area contributed by atoms with E-state index in [2.05, 4.69) is 10.2 Å². The van der Waals surface area contributed by atoms with Crippen molar-refractivity contribution in [3.8, 4) is 11.5 Å². The molecule has 1 aromatic rings. The summed E-state index contributed by atoms with van der Waals surface area (Å²) in [5, 5.41) is 2.88. The largest absolute Gasteiger partial charge is 0.497 e. The first kappa shape index (κ1) is 25.1. The zero-order valence-corrected chi connectivity index (χ0v) is 20.7. The molecule has 2 heterocycles. The molecule has 184 valence electrons. The third-order valence-corrected chi connectivity index (χ3v) is 6.37. The molecular weight excluding hydrogens is 422 g/mol. The normalized spacial score (nSPS) is 19.9. The Balaban J connectivity index is 1.49. The molecule has 0 bridgehead atoms. The van der Waals surface area contributed by atoms with Crippen molar-refractivity contribution in [3.63, 3.8) is 0 Å². The van der Waals surface area contributed by atoms with Gasteiger partial charge in [0.1, 0.15) is 17.1 Å². The van der Waals surface area contributed by atoms with Crippen LogP contribution in [0.15, 0.2) is 18.2 Å². The number of piperidine rings is 1. The fraction of sp³-hybridized carbons (Fsp3) is 0.680. The second-order valence-electron chi connectivity index (χ2n) is 9.96. The minimum atomic E-state index is -0.489. The number of hydrogen-bond donors (Lipinski definition) is 1. The number of methoxy groups -OCH3 is 2. The zero-order chi connectivity index (χ0) is 24.0. The van der Waals surface area contributed by atoms with E-state index in [1.165, 1.54) is 0 Å². The molecule has 2 aliphatic heterocycles. The van der Waals surface area contributed by atoms with Gasteiger partial charge in [-0.3, -0.25) is 9.69 Å². The van der Waals surface area contributed by atoms with Crippen molar-refractivity contribution < 1.29 is 23.8 Å². The van der Waals surface area contributed by atoms with E-state index in [1.807, 2.05) is 43.9 Å². The van der Waals surface area contributed by atoms with Crippen LogP contribution in [-0.2, 0) is 9.53 Å². The SMILES string of the molecule is COc1ccc(C2CCCN2C(=O)CN2CCC(CNC(=O)OC(C)(C)C)CC2)c(OC)c1. The second kappa shape index (κ2) is 11.1. The minimum Gasteiger partial charge on any atom is -0.497 e. The highest BCUT2D eigenvalue weighted by atomic mass is 16.6. The lowest BCUT2D eigenvalue weighted by atomic mass is 9.97. The molecule has 0 saturated carbocycles. The first-order chi connectivity index (χ1) is 15.7. The van der Waals surface area contributed by atoms with Gasteiger partial charge in [-0.1, -0.05) is 0 Å². The molecule has 8 nitrogen and oxygen atoms in total. The van der Waals surface area contributed by atoms with Crippen LogP contribution in [0.4, 0.5) is 4.79 Å². The molecule has 1 atom stereocenters. The van der Waals surface area contributed by atoms with Crippen LogP contribution in [0.25, 0.3) is 0 Å². The van der Waals surface area contributed by atoms with Crippen LogP contribution in [0, 0.1) is 5.92 Å². The van der Waals surface area contributed by atoms with Gasteiger partial charge in [0.15, 0.2) is 0 Å². The maximum absolute atomic E-state index is 13.2. The summed E-state index contributed by atoms with van der Waals surface area (Å²) in [7, 11) is 3.29. The van der Waals surface area contributed by atoms with Gasteiger partial charge < -0.3 is 24.4 Å². The Kier molecular flexibility index (Phi) is 8.46. The summed E-state index contributed by atoms with van der Waals surface area (Å²) in [5.41, 5.74) is 0.549. The van der Waals surface area contributed by atoms with E-state index in [-0.39, 0.29) is 18.0 Å². The van der Waals surface area contributed by atoms with E-state index in [9.17, 15) is 9.59 Å². The molecule has 3 rings (SSSR count). The Morgan fingerprint density at radius 3 is 2.42 bits per heavy atom. The van der Waals surface area contributed by atoms with E-state index in [0.29, 0.717) is 19.0 Å². The van der Waals surface area contributed by atoms with Gasteiger partial charge in [0.05, 0.1) is 26.8 Å². The van der Waals surface area contributed by atoms with Crippen molar-refractivity contribution in [2.75, 3.05) is 46.9 Å². The predicted molar refractivity (Wildman–Crippen MR) is 127 cm³/mol. The first-order valence-electron chi connectivity index (χ1n) is 11.9. The Morgan fingerprint density at radius 2 is 1.79 bits per heavy atom. The van der Waals surface area contributed by atoms with E-state index >= 15 is 0 Å². The van der Waals surface area contributed by atoms with Crippen molar-refractivity contribution >= 4 is 12.0 Å². The van der Waals surface area contributed by atoms with Gasteiger partial charge >= 0.3 is 6.09 Å². The van der Waals surface area contributed by atoms with Gasteiger partial charge in [0.2, 0.25) is 5.91 Å². The highest BCUT2D eigenvalue weighted by Crippen LogP contribution is 2.38. The fourth-order valence-electron chi connectivity index (χ4n) is 4.65. The molecule has 1 N–H and O–H groups in total. The van der Waals surface area contributed by atoms with E-state index in [0.717, 1.165) is 62.4 Å². The standard InChI is InChI=1S/C25H39N3O5/c1-25(2,3)33-24(30)26-16-18-10-13-27(14-11-18)17-23(29)28-12-6-7-21(28)20-9-8-19(31-4)15-22(20)32-5/h8-9,15,18,21H,6-7,10-14,16-17H2,1-5H3,(H,26,30). The number of carbonyl (C=O) groups excluding carboxylic acids is 2.